The number of nitrogens with zero attached hydrogens (tertiary/aromatic N) is 2. The monoisotopic (exact) mass is 342 g/mol. The summed E-state index contributed by atoms with van der Waals surface area (Å²) in [5.41, 5.74) is -0.224. The first kappa shape index (κ1) is 15.9. The maximum absolute atomic E-state index is 12.2. The van der Waals surface area contributed by atoms with Crippen LogP contribution in [0.2, 0.25) is 0 Å². The highest BCUT2D eigenvalue weighted by Gasteiger charge is 2.68. The van der Waals surface area contributed by atoms with E-state index in [0.29, 0.717) is 23.6 Å². The summed E-state index contributed by atoms with van der Waals surface area (Å²) >= 11 is 0. The van der Waals surface area contributed by atoms with Gasteiger partial charge in [-0.3, -0.25) is 10.1 Å². The molecule has 0 N–H and O–H groups in total. The fourth-order valence-electron chi connectivity index (χ4n) is 3.72. The zero-order valence-electron chi connectivity index (χ0n) is 13.9. The number of methoxy groups -OCH3 is 1. The summed E-state index contributed by atoms with van der Waals surface area (Å²) in [6, 6.07) is 14.5. The molecule has 0 bridgehead atoms. The minimum absolute atomic E-state index is 0.355. The zero-order chi connectivity index (χ0) is 17.6. The summed E-state index contributed by atoms with van der Waals surface area (Å²) in [5, 5.41) is 13.7. The standard InChI is InChI=1S/C18H18N2O5/c1-19-11-15-14-5-3-4-6-16(14)24-17(18(15,25-19)20(21)22)12-7-9-13(23-2)10-8-12/h3-10,15,17H,11H2,1-2H3/t15-,17+,18+/m1/s1. The van der Waals surface area contributed by atoms with E-state index in [1.807, 2.05) is 24.3 Å². The Morgan fingerprint density at radius 2 is 1.96 bits per heavy atom. The highest BCUT2D eigenvalue weighted by Crippen LogP contribution is 2.54. The van der Waals surface area contributed by atoms with Gasteiger partial charge in [-0.25, -0.2) is 4.84 Å². The van der Waals surface area contributed by atoms with Crippen LogP contribution in [0, 0.1) is 10.1 Å². The number of ether oxygens (including phenoxy) is 2. The molecule has 0 radical (unpaired) electrons. The molecule has 2 aromatic carbocycles. The number of benzene rings is 2. The predicted octanol–water partition coefficient (Wildman–Crippen LogP) is 2.76. The van der Waals surface area contributed by atoms with Gasteiger partial charge in [-0.15, -0.1) is 0 Å². The van der Waals surface area contributed by atoms with Crippen molar-refractivity contribution in [1.82, 2.24) is 5.06 Å². The summed E-state index contributed by atoms with van der Waals surface area (Å²) in [6.45, 7) is 0.425. The lowest BCUT2D eigenvalue weighted by atomic mass is 9.80. The van der Waals surface area contributed by atoms with E-state index in [-0.39, 0.29) is 4.92 Å². The van der Waals surface area contributed by atoms with Gasteiger partial charge in [-0.1, -0.05) is 30.3 Å². The first-order valence-corrected chi connectivity index (χ1v) is 8.00. The number of nitro groups is 1. The molecule has 7 nitrogen and oxygen atoms in total. The van der Waals surface area contributed by atoms with Crippen molar-refractivity contribution < 1.29 is 19.2 Å². The van der Waals surface area contributed by atoms with Crippen molar-refractivity contribution in [2.24, 2.45) is 0 Å². The lowest BCUT2D eigenvalue weighted by Gasteiger charge is -2.37. The van der Waals surface area contributed by atoms with Gasteiger partial charge in [0.25, 0.3) is 0 Å². The van der Waals surface area contributed by atoms with Crippen LogP contribution in [-0.4, -0.2) is 36.4 Å². The Hall–Kier alpha value is -2.64. The van der Waals surface area contributed by atoms with Gasteiger partial charge in [0.05, 0.1) is 12.0 Å². The van der Waals surface area contributed by atoms with Crippen LogP contribution in [0.5, 0.6) is 11.5 Å². The number of fused-ring (bicyclic) bond motifs is 3. The van der Waals surface area contributed by atoms with Gasteiger partial charge in [0.1, 0.15) is 17.4 Å². The van der Waals surface area contributed by atoms with Gasteiger partial charge in [-0.2, -0.15) is 5.06 Å². The lowest BCUT2D eigenvalue weighted by Crippen LogP contribution is -2.53. The maximum atomic E-state index is 12.2. The Morgan fingerprint density at radius 1 is 1.24 bits per heavy atom. The molecule has 130 valence electrons. The number of para-hydroxylation sites is 1. The fourth-order valence-corrected chi connectivity index (χ4v) is 3.72. The molecule has 0 saturated carbocycles. The second-order valence-electron chi connectivity index (χ2n) is 6.27. The summed E-state index contributed by atoms with van der Waals surface area (Å²) in [6.07, 6.45) is -0.863. The molecule has 0 amide bonds. The second-order valence-corrected chi connectivity index (χ2v) is 6.27. The highest BCUT2D eigenvalue weighted by molar-refractivity contribution is 5.43. The van der Waals surface area contributed by atoms with E-state index >= 15 is 0 Å². The van der Waals surface area contributed by atoms with Crippen molar-refractivity contribution in [1.29, 1.82) is 0 Å². The van der Waals surface area contributed by atoms with E-state index in [2.05, 4.69) is 0 Å². The number of likely N-dealkylation sites (N-methyl/N-ethyl adjacent to an activating group) is 1. The van der Waals surface area contributed by atoms with Crippen molar-refractivity contribution in [3.63, 3.8) is 0 Å². The molecule has 2 aromatic rings. The molecule has 4 rings (SSSR count). The van der Waals surface area contributed by atoms with Crippen LogP contribution >= 0.6 is 0 Å². The quantitative estimate of drug-likeness (QED) is 0.631. The van der Waals surface area contributed by atoms with E-state index in [1.165, 1.54) is 5.06 Å². The van der Waals surface area contributed by atoms with Gasteiger partial charge < -0.3 is 9.47 Å². The van der Waals surface area contributed by atoms with Crippen LogP contribution in [0.4, 0.5) is 0 Å². The van der Waals surface area contributed by atoms with E-state index in [9.17, 15) is 10.1 Å². The highest BCUT2D eigenvalue weighted by atomic mass is 16.8. The van der Waals surface area contributed by atoms with Crippen molar-refractivity contribution in [3.05, 3.63) is 69.8 Å². The van der Waals surface area contributed by atoms with E-state index in [1.54, 1.807) is 38.4 Å². The number of hydrogen-bond donors (Lipinski definition) is 0. The van der Waals surface area contributed by atoms with Gasteiger partial charge in [0.2, 0.25) is 6.10 Å². The first-order chi connectivity index (χ1) is 12.1. The Morgan fingerprint density at radius 3 is 2.64 bits per heavy atom. The van der Waals surface area contributed by atoms with E-state index < -0.39 is 17.7 Å². The molecule has 0 spiro atoms. The third-order valence-electron chi connectivity index (χ3n) is 4.86. The molecule has 0 aliphatic carbocycles. The van der Waals surface area contributed by atoms with Crippen LogP contribution < -0.4 is 9.47 Å². The van der Waals surface area contributed by atoms with E-state index in [4.69, 9.17) is 14.3 Å². The molecule has 25 heavy (non-hydrogen) atoms. The van der Waals surface area contributed by atoms with Gasteiger partial charge in [0, 0.05) is 24.7 Å². The molecular weight excluding hydrogens is 324 g/mol. The second kappa shape index (κ2) is 5.72. The minimum Gasteiger partial charge on any atom is -0.497 e. The first-order valence-electron chi connectivity index (χ1n) is 8.00. The summed E-state index contributed by atoms with van der Waals surface area (Å²) in [5.74, 6) is 0.908. The molecule has 1 saturated heterocycles. The summed E-state index contributed by atoms with van der Waals surface area (Å²) in [4.78, 5) is 17.6. The number of rotatable bonds is 3. The summed E-state index contributed by atoms with van der Waals surface area (Å²) in [7, 11) is 3.28. The Kier molecular flexibility index (Phi) is 3.63. The molecule has 3 atom stereocenters. The van der Waals surface area contributed by atoms with Crippen LogP contribution in [0.3, 0.4) is 0 Å². The third kappa shape index (κ3) is 2.27. The molecule has 1 fully saturated rings. The van der Waals surface area contributed by atoms with Gasteiger partial charge in [-0.05, 0) is 18.2 Å². The third-order valence-corrected chi connectivity index (χ3v) is 4.86. The van der Waals surface area contributed by atoms with Crippen molar-refractivity contribution in [3.8, 4) is 11.5 Å². The normalized spacial score (nSPS) is 27.9. The van der Waals surface area contributed by atoms with Crippen molar-refractivity contribution in [2.75, 3.05) is 20.7 Å². The van der Waals surface area contributed by atoms with Gasteiger partial charge in [0.15, 0.2) is 0 Å². The van der Waals surface area contributed by atoms with Crippen LogP contribution in [0.1, 0.15) is 23.1 Å². The van der Waals surface area contributed by atoms with Gasteiger partial charge >= 0.3 is 5.72 Å². The minimum atomic E-state index is -1.70. The Balaban J connectivity index is 1.88. The van der Waals surface area contributed by atoms with Crippen molar-refractivity contribution in [2.45, 2.75) is 17.7 Å². The molecule has 2 heterocycles. The van der Waals surface area contributed by atoms with Crippen molar-refractivity contribution >= 4 is 0 Å². The smallest absolute Gasteiger partial charge is 0.389 e. The summed E-state index contributed by atoms with van der Waals surface area (Å²) < 4.78 is 11.3. The molecule has 2 aliphatic heterocycles. The fraction of sp³-hybridized carbons (Fsp3) is 0.333. The topological polar surface area (TPSA) is 74.1 Å². The molecular formula is C18H18N2O5. The average molecular weight is 342 g/mol. The largest absolute Gasteiger partial charge is 0.497 e. The number of hydroxylamine groups is 2. The lowest BCUT2D eigenvalue weighted by molar-refractivity contribution is -0.655. The zero-order valence-corrected chi connectivity index (χ0v) is 13.9. The average Bonchev–Trinajstić information content (AvgIpc) is 3.00. The van der Waals surface area contributed by atoms with Crippen LogP contribution in [0.15, 0.2) is 48.5 Å². The molecule has 0 aromatic heterocycles. The Labute approximate surface area is 144 Å². The van der Waals surface area contributed by atoms with Crippen LogP contribution in [-0.2, 0) is 4.84 Å². The SMILES string of the molecule is COc1ccc([C@@H]2Oc3ccccc3[C@H]3CN(C)O[C@@]32[N+](=O)[O-])cc1. The molecule has 7 heteroatoms. The molecule has 0 unspecified atom stereocenters. The van der Waals surface area contributed by atoms with Crippen LogP contribution in [0.25, 0.3) is 0 Å². The predicted molar refractivity (Wildman–Crippen MR) is 89.0 cm³/mol. The molecule has 2 aliphatic rings. The number of hydrogen-bond acceptors (Lipinski definition) is 6. The van der Waals surface area contributed by atoms with E-state index in [0.717, 1.165) is 5.56 Å². The maximum Gasteiger partial charge on any atom is 0.389 e. The Bertz CT molecular complexity index is 809.